The van der Waals surface area contributed by atoms with Gasteiger partial charge in [-0.25, -0.2) is 12.7 Å². The normalized spacial score (nSPS) is 22.4. The maximum atomic E-state index is 12.1. The molecule has 0 radical (unpaired) electrons. The van der Waals surface area contributed by atoms with Gasteiger partial charge in [-0.15, -0.1) is 0 Å². The van der Waals surface area contributed by atoms with E-state index in [2.05, 4.69) is 6.92 Å². The van der Waals surface area contributed by atoms with Crippen LogP contribution in [0.25, 0.3) is 0 Å². The zero-order valence-corrected chi connectivity index (χ0v) is 10.3. The summed E-state index contributed by atoms with van der Waals surface area (Å²) in [5.74, 6) is 0.617. The van der Waals surface area contributed by atoms with Crippen molar-refractivity contribution in [1.82, 2.24) is 4.31 Å². The van der Waals surface area contributed by atoms with Crippen molar-refractivity contribution >= 4 is 10.0 Å². The average Bonchev–Trinajstić information content (AvgIpc) is 2.66. The maximum absolute atomic E-state index is 12.1. The van der Waals surface area contributed by atoms with Gasteiger partial charge in [0, 0.05) is 13.1 Å². The molecule has 2 rings (SSSR count). The quantitative estimate of drug-likeness (QED) is 0.807. The summed E-state index contributed by atoms with van der Waals surface area (Å²) >= 11 is 0. The summed E-state index contributed by atoms with van der Waals surface area (Å²) in [5.41, 5.74) is 0.863. The third-order valence-electron chi connectivity index (χ3n) is 2.97. The van der Waals surface area contributed by atoms with Crippen LogP contribution >= 0.6 is 0 Å². The Hall–Kier alpha value is -0.870. The second kappa shape index (κ2) is 4.55. The minimum atomic E-state index is -3.11. The third-order valence-corrected chi connectivity index (χ3v) is 4.79. The Balaban J connectivity index is 2.09. The third kappa shape index (κ3) is 2.62. The molecule has 4 heteroatoms. The Bertz CT molecular complexity index is 441. The number of hydrogen-bond acceptors (Lipinski definition) is 2. The van der Waals surface area contributed by atoms with Gasteiger partial charge in [0.05, 0.1) is 5.75 Å². The summed E-state index contributed by atoms with van der Waals surface area (Å²) in [5, 5.41) is 0. The van der Waals surface area contributed by atoms with Crippen LogP contribution in [0.3, 0.4) is 0 Å². The average molecular weight is 239 g/mol. The summed E-state index contributed by atoms with van der Waals surface area (Å²) in [6, 6.07) is 9.36. The van der Waals surface area contributed by atoms with E-state index in [-0.39, 0.29) is 5.75 Å². The van der Waals surface area contributed by atoms with Gasteiger partial charge in [-0.05, 0) is 17.9 Å². The second-order valence-corrected chi connectivity index (χ2v) is 6.46. The molecule has 1 fully saturated rings. The molecule has 1 heterocycles. The Morgan fingerprint density at radius 2 is 2.00 bits per heavy atom. The summed E-state index contributed by atoms with van der Waals surface area (Å²) in [4.78, 5) is 0. The van der Waals surface area contributed by atoms with E-state index in [1.54, 1.807) is 4.31 Å². The van der Waals surface area contributed by atoms with Crippen molar-refractivity contribution in [2.75, 3.05) is 13.1 Å². The fourth-order valence-electron chi connectivity index (χ4n) is 2.02. The van der Waals surface area contributed by atoms with Crippen molar-refractivity contribution in [1.29, 1.82) is 0 Å². The molecule has 1 saturated heterocycles. The van der Waals surface area contributed by atoms with Crippen LogP contribution in [0.5, 0.6) is 0 Å². The minimum absolute atomic E-state index is 0.126. The first kappa shape index (κ1) is 11.6. The molecular weight excluding hydrogens is 222 g/mol. The zero-order valence-electron chi connectivity index (χ0n) is 9.46. The lowest BCUT2D eigenvalue weighted by Gasteiger charge is -2.15. The highest BCUT2D eigenvalue weighted by molar-refractivity contribution is 7.88. The first-order valence-electron chi connectivity index (χ1n) is 5.60. The molecule has 0 aromatic heterocycles. The molecule has 3 nitrogen and oxygen atoms in total. The summed E-state index contributed by atoms with van der Waals surface area (Å²) < 4.78 is 25.8. The SMILES string of the molecule is C[C@@H]1CCN(S(=O)(=O)Cc2ccccc2)C1. The number of hydrogen-bond donors (Lipinski definition) is 0. The Kier molecular flexibility index (Phi) is 3.30. The molecule has 0 aliphatic carbocycles. The van der Waals surface area contributed by atoms with Crippen molar-refractivity contribution in [2.24, 2.45) is 5.92 Å². The summed E-state index contributed by atoms with van der Waals surface area (Å²) in [6.07, 6.45) is 0.980. The van der Waals surface area contributed by atoms with Crippen LogP contribution in [-0.4, -0.2) is 25.8 Å². The highest BCUT2D eigenvalue weighted by atomic mass is 32.2. The van der Waals surface area contributed by atoms with Crippen LogP contribution in [0.2, 0.25) is 0 Å². The molecule has 0 bridgehead atoms. The van der Waals surface area contributed by atoms with Crippen molar-refractivity contribution in [3.63, 3.8) is 0 Å². The lowest BCUT2D eigenvalue weighted by Crippen LogP contribution is -2.29. The molecule has 1 aromatic carbocycles. The van der Waals surface area contributed by atoms with E-state index in [0.29, 0.717) is 19.0 Å². The van der Waals surface area contributed by atoms with E-state index in [4.69, 9.17) is 0 Å². The van der Waals surface area contributed by atoms with E-state index < -0.39 is 10.0 Å². The number of benzene rings is 1. The Morgan fingerprint density at radius 3 is 2.56 bits per heavy atom. The molecule has 0 unspecified atom stereocenters. The molecule has 1 aliphatic heterocycles. The largest absolute Gasteiger partial charge is 0.218 e. The first-order valence-corrected chi connectivity index (χ1v) is 7.20. The monoisotopic (exact) mass is 239 g/mol. The lowest BCUT2D eigenvalue weighted by atomic mass is 10.2. The van der Waals surface area contributed by atoms with Crippen molar-refractivity contribution in [3.05, 3.63) is 35.9 Å². The molecule has 88 valence electrons. The van der Waals surface area contributed by atoms with Gasteiger partial charge in [0.15, 0.2) is 0 Å². The molecule has 1 aromatic rings. The van der Waals surface area contributed by atoms with E-state index >= 15 is 0 Å². The van der Waals surface area contributed by atoms with Gasteiger partial charge >= 0.3 is 0 Å². The first-order chi connectivity index (χ1) is 7.58. The fraction of sp³-hybridized carbons (Fsp3) is 0.500. The van der Waals surface area contributed by atoms with E-state index in [9.17, 15) is 8.42 Å². The molecule has 0 amide bonds. The Morgan fingerprint density at radius 1 is 1.31 bits per heavy atom. The fourth-order valence-corrected chi connectivity index (χ4v) is 3.68. The van der Waals surface area contributed by atoms with Crippen LogP contribution in [0.15, 0.2) is 30.3 Å². The standard InChI is InChI=1S/C12H17NO2S/c1-11-7-8-13(9-11)16(14,15)10-12-5-3-2-4-6-12/h2-6,11H,7-10H2,1H3/t11-/m1/s1. The summed E-state index contributed by atoms with van der Waals surface area (Å²) in [6.45, 7) is 3.45. The number of rotatable bonds is 3. The van der Waals surface area contributed by atoms with Crippen molar-refractivity contribution in [2.45, 2.75) is 19.1 Å². The number of sulfonamides is 1. The van der Waals surface area contributed by atoms with Gasteiger partial charge in [-0.2, -0.15) is 0 Å². The molecule has 1 atom stereocenters. The number of nitrogens with zero attached hydrogens (tertiary/aromatic N) is 1. The summed E-state index contributed by atoms with van der Waals surface area (Å²) in [7, 11) is -3.11. The van der Waals surface area contributed by atoms with Crippen LogP contribution in [0.4, 0.5) is 0 Å². The highest BCUT2D eigenvalue weighted by Gasteiger charge is 2.28. The van der Waals surface area contributed by atoms with Gasteiger partial charge < -0.3 is 0 Å². The molecule has 0 N–H and O–H groups in total. The minimum Gasteiger partial charge on any atom is -0.212 e. The van der Waals surface area contributed by atoms with E-state index in [1.165, 1.54) is 0 Å². The molecular formula is C12H17NO2S. The second-order valence-electron chi connectivity index (χ2n) is 4.49. The van der Waals surface area contributed by atoms with E-state index in [1.807, 2.05) is 30.3 Å². The van der Waals surface area contributed by atoms with Crippen molar-refractivity contribution < 1.29 is 8.42 Å². The van der Waals surface area contributed by atoms with Gasteiger partial charge in [0.25, 0.3) is 0 Å². The molecule has 0 spiro atoms. The van der Waals surface area contributed by atoms with Gasteiger partial charge in [-0.3, -0.25) is 0 Å². The van der Waals surface area contributed by atoms with Crippen LogP contribution < -0.4 is 0 Å². The Labute approximate surface area is 97.1 Å². The van der Waals surface area contributed by atoms with Gasteiger partial charge in [0.2, 0.25) is 10.0 Å². The van der Waals surface area contributed by atoms with Gasteiger partial charge in [0.1, 0.15) is 0 Å². The maximum Gasteiger partial charge on any atom is 0.218 e. The smallest absolute Gasteiger partial charge is 0.212 e. The van der Waals surface area contributed by atoms with Gasteiger partial charge in [-0.1, -0.05) is 37.3 Å². The highest BCUT2D eigenvalue weighted by Crippen LogP contribution is 2.20. The zero-order chi connectivity index (χ0) is 11.6. The lowest BCUT2D eigenvalue weighted by molar-refractivity contribution is 0.463. The predicted molar refractivity (Wildman–Crippen MR) is 64.4 cm³/mol. The van der Waals surface area contributed by atoms with E-state index in [0.717, 1.165) is 12.0 Å². The molecule has 0 saturated carbocycles. The molecule has 16 heavy (non-hydrogen) atoms. The topological polar surface area (TPSA) is 37.4 Å². The van der Waals surface area contributed by atoms with Crippen LogP contribution in [0, 0.1) is 5.92 Å². The molecule has 1 aliphatic rings. The van der Waals surface area contributed by atoms with Crippen LogP contribution in [-0.2, 0) is 15.8 Å². The van der Waals surface area contributed by atoms with Crippen molar-refractivity contribution in [3.8, 4) is 0 Å². The predicted octanol–water partition coefficient (Wildman–Crippen LogP) is 1.86. The van der Waals surface area contributed by atoms with Crippen LogP contribution in [0.1, 0.15) is 18.9 Å².